The molecule has 6 nitrogen and oxygen atoms in total. The van der Waals surface area contributed by atoms with Crippen LogP contribution in [0.2, 0.25) is 0 Å². The highest BCUT2D eigenvalue weighted by Crippen LogP contribution is 2.22. The normalized spacial score (nSPS) is 21.5. The van der Waals surface area contributed by atoms with E-state index in [4.69, 9.17) is 4.74 Å². The highest BCUT2D eigenvalue weighted by Gasteiger charge is 2.37. The van der Waals surface area contributed by atoms with Crippen molar-refractivity contribution >= 4 is 22.7 Å². The lowest BCUT2D eigenvalue weighted by molar-refractivity contribution is -0.135. The molecule has 2 aliphatic heterocycles. The maximum Gasteiger partial charge on any atom is 0.245 e. The Balaban J connectivity index is 1.40. The predicted octanol–water partition coefficient (Wildman–Crippen LogP) is 1.85. The summed E-state index contributed by atoms with van der Waals surface area (Å²) in [4.78, 5) is 27.2. The van der Waals surface area contributed by atoms with Crippen molar-refractivity contribution < 1.29 is 14.3 Å². The Bertz CT molecular complexity index is 823. The lowest BCUT2D eigenvalue weighted by Crippen LogP contribution is -2.46. The van der Waals surface area contributed by atoms with Crippen molar-refractivity contribution in [2.24, 2.45) is 0 Å². The van der Waals surface area contributed by atoms with E-state index in [-0.39, 0.29) is 24.4 Å². The highest BCUT2D eigenvalue weighted by molar-refractivity contribution is 5.90. The van der Waals surface area contributed by atoms with Gasteiger partial charge in [0.15, 0.2) is 0 Å². The van der Waals surface area contributed by atoms with Crippen molar-refractivity contribution in [3.8, 4) is 0 Å². The number of hydrogen-bond acceptors (Lipinski definition) is 3. The Morgan fingerprint density at radius 1 is 1.23 bits per heavy atom. The van der Waals surface area contributed by atoms with Crippen LogP contribution in [0.3, 0.4) is 0 Å². The monoisotopic (exact) mass is 355 g/mol. The zero-order valence-corrected chi connectivity index (χ0v) is 15.1. The number of fused-ring (bicyclic) bond motifs is 1. The summed E-state index contributed by atoms with van der Waals surface area (Å²) in [6.07, 6.45) is 2.47. The zero-order chi connectivity index (χ0) is 18.1. The van der Waals surface area contributed by atoms with E-state index in [1.807, 2.05) is 40.7 Å². The SMILES string of the molecule is Cc1cc2ccccc2n1CC(=O)NC1CCN(C2CCOCC2)C1=O. The summed E-state index contributed by atoms with van der Waals surface area (Å²) >= 11 is 0. The molecule has 6 heteroatoms. The van der Waals surface area contributed by atoms with Crippen LogP contribution in [0.25, 0.3) is 10.9 Å². The molecule has 2 saturated heterocycles. The molecule has 2 aliphatic rings. The van der Waals surface area contributed by atoms with E-state index >= 15 is 0 Å². The molecule has 1 N–H and O–H groups in total. The molecule has 1 atom stereocenters. The van der Waals surface area contributed by atoms with E-state index in [2.05, 4.69) is 11.4 Å². The third-order valence-corrected chi connectivity index (χ3v) is 5.53. The highest BCUT2D eigenvalue weighted by atomic mass is 16.5. The number of benzene rings is 1. The van der Waals surface area contributed by atoms with Gasteiger partial charge in [0.25, 0.3) is 0 Å². The van der Waals surface area contributed by atoms with Crippen LogP contribution in [0.1, 0.15) is 25.0 Å². The summed E-state index contributed by atoms with van der Waals surface area (Å²) in [5, 5.41) is 4.07. The van der Waals surface area contributed by atoms with Crippen molar-refractivity contribution in [1.29, 1.82) is 0 Å². The molecule has 0 radical (unpaired) electrons. The Morgan fingerprint density at radius 2 is 2.00 bits per heavy atom. The van der Waals surface area contributed by atoms with Crippen LogP contribution >= 0.6 is 0 Å². The van der Waals surface area contributed by atoms with Gasteiger partial charge in [-0.1, -0.05) is 18.2 Å². The van der Waals surface area contributed by atoms with E-state index < -0.39 is 6.04 Å². The van der Waals surface area contributed by atoms with Gasteiger partial charge < -0.3 is 19.5 Å². The molecule has 4 rings (SSSR count). The van der Waals surface area contributed by atoms with Crippen molar-refractivity contribution in [2.75, 3.05) is 19.8 Å². The number of para-hydroxylation sites is 1. The number of carbonyl (C=O) groups excluding carboxylic acids is 2. The second-order valence-electron chi connectivity index (χ2n) is 7.21. The van der Waals surface area contributed by atoms with Crippen molar-refractivity contribution in [3.05, 3.63) is 36.0 Å². The third kappa shape index (κ3) is 3.21. The van der Waals surface area contributed by atoms with Gasteiger partial charge in [-0.3, -0.25) is 9.59 Å². The van der Waals surface area contributed by atoms with Crippen molar-refractivity contribution in [3.63, 3.8) is 0 Å². The van der Waals surface area contributed by atoms with Gasteiger partial charge in [-0.05, 0) is 43.7 Å². The third-order valence-electron chi connectivity index (χ3n) is 5.53. The average Bonchev–Trinajstić information content (AvgIpc) is 3.16. The number of nitrogens with zero attached hydrogens (tertiary/aromatic N) is 2. The van der Waals surface area contributed by atoms with Crippen LogP contribution < -0.4 is 5.32 Å². The lowest BCUT2D eigenvalue weighted by Gasteiger charge is -2.31. The second kappa shape index (κ2) is 7.11. The Hall–Kier alpha value is -2.34. The van der Waals surface area contributed by atoms with E-state index in [9.17, 15) is 9.59 Å². The van der Waals surface area contributed by atoms with E-state index in [0.29, 0.717) is 19.6 Å². The maximum atomic E-state index is 12.7. The largest absolute Gasteiger partial charge is 0.381 e. The molecule has 138 valence electrons. The lowest BCUT2D eigenvalue weighted by atomic mass is 10.1. The molecule has 2 amide bonds. The first-order valence-electron chi connectivity index (χ1n) is 9.36. The summed E-state index contributed by atoms with van der Waals surface area (Å²) in [6, 6.07) is 9.97. The van der Waals surface area contributed by atoms with Crippen LogP contribution in [0, 0.1) is 6.92 Å². The van der Waals surface area contributed by atoms with Gasteiger partial charge in [-0.25, -0.2) is 0 Å². The number of amides is 2. The quantitative estimate of drug-likeness (QED) is 0.910. The van der Waals surface area contributed by atoms with Gasteiger partial charge in [0, 0.05) is 37.0 Å². The molecule has 1 aromatic heterocycles. The number of likely N-dealkylation sites (tertiary alicyclic amines) is 1. The maximum absolute atomic E-state index is 12.7. The van der Waals surface area contributed by atoms with Crippen molar-refractivity contribution in [1.82, 2.24) is 14.8 Å². The van der Waals surface area contributed by atoms with Crippen molar-refractivity contribution in [2.45, 2.75) is 44.8 Å². The first kappa shape index (κ1) is 17.1. The van der Waals surface area contributed by atoms with Gasteiger partial charge in [0.2, 0.25) is 11.8 Å². The smallest absolute Gasteiger partial charge is 0.245 e. The zero-order valence-electron chi connectivity index (χ0n) is 15.1. The van der Waals surface area contributed by atoms with Crippen LogP contribution in [0.15, 0.2) is 30.3 Å². The molecular formula is C20H25N3O3. The second-order valence-corrected chi connectivity index (χ2v) is 7.21. The minimum absolute atomic E-state index is 0.0549. The van der Waals surface area contributed by atoms with E-state index in [0.717, 1.165) is 36.0 Å². The Labute approximate surface area is 153 Å². The van der Waals surface area contributed by atoms with Gasteiger partial charge in [0.1, 0.15) is 12.6 Å². The van der Waals surface area contributed by atoms with Gasteiger partial charge in [-0.2, -0.15) is 0 Å². The van der Waals surface area contributed by atoms with E-state index in [1.54, 1.807) is 0 Å². The molecule has 2 fully saturated rings. The first-order chi connectivity index (χ1) is 12.6. The Morgan fingerprint density at radius 3 is 2.81 bits per heavy atom. The topological polar surface area (TPSA) is 63.6 Å². The van der Waals surface area contributed by atoms with E-state index in [1.165, 1.54) is 0 Å². The van der Waals surface area contributed by atoms with Crippen LogP contribution in [0.5, 0.6) is 0 Å². The molecule has 0 bridgehead atoms. The minimum Gasteiger partial charge on any atom is -0.381 e. The molecule has 0 aliphatic carbocycles. The molecule has 3 heterocycles. The number of rotatable bonds is 4. The van der Waals surface area contributed by atoms with Gasteiger partial charge in [-0.15, -0.1) is 0 Å². The fraction of sp³-hybridized carbons (Fsp3) is 0.500. The molecular weight excluding hydrogens is 330 g/mol. The number of aromatic nitrogens is 1. The standard InChI is InChI=1S/C20H25N3O3/c1-14-12-15-4-2-3-5-18(15)23(14)13-19(24)21-17-6-9-22(20(17)25)16-7-10-26-11-8-16/h2-5,12,16-17H,6-11,13H2,1H3,(H,21,24). The summed E-state index contributed by atoms with van der Waals surface area (Å²) in [6.45, 7) is 4.39. The fourth-order valence-corrected chi connectivity index (χ4v) is 4.14. The summed E-state index contributed by atoms with van der Waals surface area (Å²) in [7, 11) is 0. The molecule has 0 saturated carbocycles. The molecule has 0 spiro atoms. The first-order valence-corrected chi connectivity index (χ1v) is 9.36. The van der Waals surface area contributed by atoms with Gasteiger partial charge in [0.05, 0.1) is 0 Å². The number of hydrogen-bond donors (Lipinski definition) is 1. The number of aryl methyl sites for hydroxylation is 1. The molecule has 26 heavy (non-hydrogen) atoms. The number of nitrogens with one attached hydrogen (secondary N) is 1. The summed E-state index contributed by atoms with van der Waals surface area (Å²) in [5.74, 6) is -0.0547. The summed E-state index contributed by atoms with van der Waals surface area (Å²) < 4.78 is 7.38. The van der Waals surface area contributed by atoms with Gasteiger partial charge >= 0.3 is 0 Å². The number of ether oxygens (including phenoxy) is 1. The minimum atomic E-state index is -0.396. The molecule has 2 aromatic rings. The Kier molecular flexibility index (Phi) is 4.68. The van der Waals surface area contributed by atoms with Crippen LogP contribution in [-0.2, 0) is 20.9 Å². The van der Waals surface area contributed by atoms with Crippen LogP contribution in [0.4, 0.5) is 0 Å². The fourth-order valence-electron chi connectivity index (χ4n) is 4.14. The average molecular weight is 355 g/mol. The van der Waals surface area contributed by atoms with Crippen LogP contribution in [-0.4, -0.2) is 53.1 Å². The predicted molar refractivity (Wildman–Crippen MR) is 98.8 cm³/mol. The molecule has 1 unspecified atom stereocenters. The number of carbonyl (C=O) groups is 2. The summed E-state index contributed by atoms with van der Waals surface area (Å²) in [5.41, 5.74) is 2.09. The molecule has 1 aromatic carbocycles.